The number of aliphatic hydroxyl groups is 2. The van der Waals surface area contributed by atoms with Crippen molar-refractivity contribution in [3.8, 4) is 0 Å². The van der Waals surface area contributed by atoms with Crippen molar-refractivity contribution < 1.29 is 92.0 Å². The highest BCUT2D eigenvalue weighted by Gasteiger charge is 2.39. The van der Waals surface area contributed by atoms with Gasteiger partial charge in [-0.05, 0) is 125 Å². The Morgan fingerprint density at radius 2 is 0.619 bits per heavy atom. The van der Waals surface area contributed by atoms with Crippen LogP contribution in [-0.2, 0) is 76.7 Å². The second-order valence-electron chi connectivity index (χ2n) is 30.9. The molecule has 16 atom stereocenters. The first-order chi connectivity index (χ1) is 55.4. The minimum Gasteiger partial charge on any atom is -0.480 e. The number of carboxylic acid groups (broad SMARTS) is 1. The van der Waals surface area contributed by atoms with E-state index in [1.807, 2.05) is 0 Å². The Labute approximate surface area is 691 Å². The summed E-state index contributed by atoms with van der Waals surface area (Å²) in [6.45, 7) is 19.8. The van der Waals surface area contributed by atoms with E-state index in [-0.39, 0.29) is 94.8 Å². The van der Waals surface area contributed by atoms with Gasteiger partial charge in [0.25, 0.3) is 0 Å². The van der Waals surface area contributed by atoms with E-state index < -0.39 is 236 Å². The van der Waals surface area contributed by atoms with Crippen LogP contribution in [0.15, 0.2) is 9.98 Å². The van der Waals surface area contributed by atoms with Gasteiger partial charge in [-0.2, -0.15) is 0 Å². The highest BCUT2D eigenvalue weighted by atomic mass is 16.4. The number of nitrogens with one attached hydrogen (secondary N) is 15. The topological polar surface area (TPSA) is 721 Å². The number of aliphatic hydroxyl groups excluding tert-OH is 2. The first-order valence-electron chi connectivity index (χ1n) is 40.6. The van der Waals surface area contributed by atoms with Crippen LogP contribution in [-0.4, -0.2) is 259 Å². The van der Waals surface area contributed by atoms with Crippen LogP contribution in [0.25, 0.3) is 0 Å². The number of guanidine groups is 2. The van der Waals surface area contributed by atoms with E-state index >= 15 is 0 Å². The highest BCUT2D eigenvalue weighted by molar-refractivity contribution is 6.00. The maximum absolute atomic E-state index is 14.3. The van der Waals surface area contributed by atoms with Crippen LogP contribution in [0.5, 0.6) is 0 Å². The zero-order valence-electron chi connectivity index (χ0n) is 71.1. The Balaban J connectivity index is 6.43. The molecule has 0 heterocycles. The molecule has 0 aromatic carbocycles. The molecule has 0 aliphatic heterocycles. The van der Waals surface area contributed by atoms with Crippen LogP contribution in [0.4, 0.5) is 0 Å². The fourth-order valence-corrected chi connectivity index (χ4v) is 11.5. The highest BCUT2D eigenvalue weighted by Crippen LogP contribution is 2.16. The zero-order valence-corrected chi connectivity index (χ0v) is 71.1. The van der Waals surface area contributed by atoms with Gasteiger partial charge in [-0.1, -0.05) is 116 Å². The van der Waals surface area contributed by atoms with Gasteiger partial charge in [0.15, 0.2) is 11.9 Å². The van der Waals surface area contributed by atoms with Crippen molar-refractivity contribution in [1.82, 2.24) is 79.8 Å². The largest absolute Gasteiger partial charge is 0.480 e. The second-order valence-corrected chi connectivity index (χ2v) is 30.9. The summed E-state index contributed by atoms with van der Waals surface area (Å²) in [6, 6.07) is -17.6. The minimum absolute atomic E-state index is 0.0204. The molecule has 118 heavy (non-hydrogen) atoms. The monoisotopic (exact) mass is 1680 g/mol. The van der Waals surface area contributed by atoms with Crippen LogP contribution in [0.1, 0.15) is 187 Å². The molecule has 674 valence electrons. The van der Waals surface area contributed by atoms with E-state index in [4.69, 9.17) is 40.1 Å². The Bertz CT molecular complexity index is 3300. The number of nitrogens with two attached hydrogens (primary N) is 7. The average molecular weight is 1680 g/mol. The predicted octanol–water partition coefficient (Wildman–Crippen LogP) is -6.93. The van der Waals surface area contributed by atoms with Crippen LogP contribution < -0.4 is 120 Å². The molecule has 0 fully saturated rings. The van der Waals surface area contributed by atoms with E-state index in [0.29, 0.717) is 45.1 Å². The lowest BCUT2D eigenvalue weighted by Gasteiger charge is -2.30. The number of amides is 15. The molecule has 32 N–H and O–H groups in total. The molecule has 0 rings (SSSR count). The lowest BCUT2D eigenvalue weighted by atomic mass is 9.96. The van der Waals surface area contributed by atoms with Crippen LogP contribution in [0.2, 0.25) is 0 Å². The summed E-state index contributed by atoms with van der Waals surface area (Å²) in [5.41, 5.74) is 39.1. The molecular formula is C75H140N24O19. The molecule has 0 aliphatic carbocycles. The smallest absolute Gasteiger partial charge is 0.326 e. The van der Waals surface area contributed by atoms with Crippen LogP contribution in [0, 0.1) is 41.4 Å². The van der Waals surface area contributed by atoms with E-state index in [1.165, 1.54) is 0 Å². The van der Waals surface area contributed by atoms with Gasteiger partial charge in [0.1, 0.15) is 72.5 Å². The number of nitrogens with zero attached hydrogens (tertiary/aromatic N) is 2. The first kappa shape index (κ1) is 108. The van der Waals surface area contributed by atoms with Crippen molar-refractivity contribution in [3.63, 3.8) is 0 Å². The van der Waals surface area contributed by atoms with Crippen LogP contribution >= 0.6 is 0 Å². The SMILES string of the molecule is CCC(C)C(NC(=O)CNC(=O)C(NC(=O)C(NC(=O)C(CO)NC(=O)C(NC(=O)C(CO)NC(=O)CNC(=O)C(CC(C)C)NC(=O)C(CCCN=C(N)N)NC(=O)C(N)C(C)C)C(C)CC)C(C)C)C(C)CC)C(=O)NC(C(=O)NC(CCCN=C(N)N)C(=O)NCC(=O)NC(CCCCN)C(=O)NC(CCCCN)C(=O)O)C(C)C. The van der Waals surface area contributed by atoms with Crippen molar-refractivity contribution in [3.05, 3.63) is 0 Å². The molecule has 15 amide bonds. The fraction of sp³-hybridized carbons (Fsp3) is 0.760. The standard InChI is InChI=1S/C75H140N24O19/c1-15-42(12)58(68(112)87-35-54(104)95-59(43(13)16-2)72(116)97-56(40(8)9)69(113)91-45(26-22-30-83-74(79)80)61(105)85-33-52(102)88-46(24-18-20-28-76)63(107)92-48(73(117)118)25-19-21-29-77)99-70(114)57(41(10)11)96-66(110)51(37-101)94-71(115)60(44(14)17-3)98-65(109)50(36-100)89-53(103)34-86-62(106)49(32-38(4)5)93-64(108)47(27-23-31-84-75(81)82)90-67(111)55(78)39(6)7/h38-51,55-60,100-101H,15-37,76-78H2,1-14H3,(H,85,105)(H,86,106)(H,87,112)(H,88,102)(H,89,103)(H,90,111)(H,91,113)(H,92,107)(H,93,108)(H,94,115)(H,95,104)(H,96,110)(H,97,116)(H,98,109)(H,99,114)(H,117,118)(H4,79,80,83)(H4,81,82,84). The summed E-state index contributed by atoms with van der Waals surface area (Å²) in [5.74, 6) is -18.5. The maximum Gasteiger partial charge on any atom is 0.326 e. The van der Waals surface area contributed by atoms with Crippen LogP contribution in [0.3, 0.4) is 0 Å². The number of carbonyl (C=O) groups excluding carboxylic acids is 15. The average Bonchev–Trinajstić information content (AvgIpc) is 0.853. The number of aliphatic imine (C=N–C) groups is 2. The fourth-order valence-electron chi connectivity index (χ4n) is 11.5. The number of carboxylic acids is 1. The predicted molar refractivity (Wildman–Crippen MR) is 440 cm³/mol. The molecule has 0 bridgehead atoms. The Morgan fingerprint density at radius 1 is 0.322 bits per heavy atom. The normalized spacial score (nSPS) is 15.3. The van der Waals surface area contributed by atoms with Gasteiger partial charge in [-0.25, -0.2) is 4.79 Å². The number of aliphatic carboxylic acids is 1. The van der Waals surface area contributed by atoms with Crippen molar-refractivity contribution in [2.24, 2.45) is 91.5 Å². The number of hydrogen-bond donors (Lipinski definition) is 25. The van der Waals surface area contributed by atoms with Gasteiger partial charge in [0, 0.05) is 13.1 Å². The van der Waals surface area contributed by atoms with Crippen molar-refractivity contribution in [1.29, 1.82) is 0 Å². The second kappa shape index (κ2) is 57.9. The number of rotatable bonds is 60. The third kappa shape index (κ3) is 41.8. The van der Waals surface area contributed by atoms with Crippen molar-refractivity contribution in [2.75, 3.05) is 59.0 Å². The van der Waals surface area contributed by atoms with E-state index in [1.54, 1.807) is 96.9 Å². The minimum atomic E-state index is -1.77. The van der Waals surface area contributed by atoms with Gasteiger partial charge >= 0.3 is 5.97 Å². The van der Waals surface area contributed by atoms with E-state index in [2.05, 4.69) is 89.7 Å². The van der Waals surface area contributed by atoms with Gasteiger partial charge in [-0.15, -0.1) is 0 Å². The lowest BCUT2D eigenvalue weighted by Crippen LogP contribution is -2.62. The van der Waals surface area contributed by atoms with Gasteiger partial charge in [0.05, 0.1) is 38.9 Å². The van der Waals surface area contributed by atoms with E-state index in [9.17, 15) is 92.0 Å². The molecule has 16 unspecified atom stereocenters. The molecule has 0 aromatic rings. The molecule has 0 saturated carbocycles. The lowest BCUT2D eigenvalue weighted by molar-refractivity contribution is -0.142. The Morgan fingerprint density at radius 3 is 1.03 bits per heavy atom. The Kier molecular flexibility index (Phi) is 52.9. The first-order valence-corrected chi connectivity index (χ1v) is 40.6. The number of carbonyl (C=O) groups is 16. The third-order valence-corrected chi connectivity index (χ3v) is 19.5. The van der Waals surface area contributed by atoms with Gasteiger partial charge in [0.2, 0.25) is 88.6 Å². The number of hydrogen-bond acceptors (Lipinski definition) is 23. The quantitative estimate of drug-likeness (QED) is 0.0153. The summed E-state index contributed by atoms with van der Waals surface area (Å²) >= 11 is 0. The Hall–Kier alpha value is -10.1. The van der Waals surface area contributed by atoms with Gasteiger partial charge in [-0.3, -0.25) is 81.9 Å². The van der Waals surface area contributed by atoms with E-state index in [0.717, 1.165) is 0 Å². The molecule has 0 aromatic heterocycles. The molecular weight excluding hydrogens is 1540 g/mol. The van der Waals surface area contributed by atoms with Crippen molar-refractivity contribution in [2.45, 2.75) is 265 Å². The molecule has 0 spiro atoms. The molecule has 0 aliphatic rings. The summed E-state index contributed by atoms with van der Waals surface area (Å²) in [4.78, 5) is 226. The molecule has 43 heteroatoms. The molecule has 0 radical (unpaired) electrons. The molecule has 43 nitrogen and oxygen atoms in total. The van der Waals surface area contributed by atoms with Crippen molar-refractivity contribution >= 4 is 106 Å². The third-order valence-electron chi connectivity index (χ3n) is 19.5. The number of unbranched alkanes of at least 4 members (excludes halogenated alkanes) is 2. The zero-order chi connectivity index (χ0) is 90.2. The summed E-state index contributed by atoms with van der Waals surface area (Å²) < 4.78 is 0. The summed E-state index contributed by atoms with van der Waals surface area (Å²) in [7, 11) is 0. The maximum atomic E-state index is 14.3. The molecule has 0 saturated heterocycles. The summed E-state index contributed by atoms with van der Waals surface area (Å²) in [6.07, 6.45) is 3.22. The summed E-state index contributed by atoms with van der Waals surface area (Å²) in [5, 5.41) is 68.4. The van der Waals surface area contributed by atoms with Gasteiger partial charge < -0.3 is 135 Å².